The molecule has 0 saturated heterocycles. The Balaban J connectivity index is 2.96. The highest BCUT2D eigenvalue weighted by Crippen LogP contribution is 2.04. The van der Waals surface area contributed by atoms with Gasteiger partial charge in [-0.3, -0.25) is 4.79 Å². The molecule has 0 radical (unpaired) electrons. The molecule has 12 heavy (non-hydrogen) atoms. The minimum atomic E-state index is -0.384. The van der Waals surface area contributed by atoms with Crippen LogP contribution >= 0.6 is 0 Å². The summed E-state index contributed by atoms with van der Waals surface area (Å²) in [5.41, 5.74) is 0.383. The second kappa shape index (κ2) is 3.81. The van der Waals surface area contributed by atoms with Gasteiger partial charge < -0.3 is 0 Å². The van der Waals surface area contributed by atoms with E-state index in [-0.39, 0.29) is 11.6 Å². The highest BCUT2D eigenvalue weighted by atomic mass is 19.1. The lowest BCUT2D eigenvalue weighted by atomic mass is 10.1. The van der Waals surface area contributed by atoms with Crippen molar-refractivity contribution in [2.75, 3.05) is 0 Å². The van der Waals surface area contributed by atoms with Crippen LogP contribution in [0.5, 0.6) is 0 Å². The van der Waals surface area contributed by atoms with Gasteiger partial charge in [-0.05, 0) is 25.1 Å². The van der Waals surface area contributed by atoms with E-state index in [4.69, 9.17) is 0 Å². The third-order valence-electron chi connectivity index (χ3n) is 1.43. The van der Waals surface area contributed by atoms with Crippen molar-refractivity contribution < 1.29 is 9.18 Å². The number of carbonyl (C=O) groups excluding carboxylic acids is 1. The van der Waals surface area contributed by atoms with Crippen molar-refractivity contribution in [2.45, 2.75) is 6.92 Å². The second-order valence-electron chi connectivity index (χ2n) is 2.37. The van der Waals surface area contributed by atoms with Gasteiger partial charge in [0.15, 0.2) is 5.78 Å². The Kier molecular flexibility index (Phi) is 2.75. The van der Waals surface area contributed by atoms with Crippen LogP contribution in [0.2, 0.25) is 0 Å². The molecule has 0 aromatic heterocycles. The number of halogens is 1. The Morgan fingerprint density at radius 1 is 1.50 bits per heavy atom. The molecule has 0 aliphatic heterocycles. The first-order valence-electron chi connectivity index (χ1n) is 3.66. The number of carbonyl (C=O) groups is 1. The predicted molar refractivity (Wildman–Crippen MR) is 45.5 cm³/mol. The summed E-state index contributed by atoms with van der Waals surface area (Å²) in [5, 5.41) is 0. The Bertz CT molecular complexity index is 315. The zero-order valence-corrected chi connectivity index (χ0v) is 6.75. The minimum absolute atomic E-state index is 0.169. The summed E-state index contributed by atoms with van der Waals surface area (Å²) in [6.45, 7) is 1.75. The van der Waals surface area contributed by atoms with E-state index < -0.39 is 0 Å². The van der Waals surface area contributed by atoms with Crippen LogP contribution in [0.15, 0.2) is 36.4 Å². The van der Waals surface area contributed by atoms with Crippen molar-refractivity contribution in [1.29, 1.82) is 0 Å². The largest absolute Gasteiger partial charge is 0.289 e. The van der Waals surface area contributed by atoms with Crippen molar-refractivity contribution in [3.05, 3.63) is 47.8 Å². The van der Waals surface area contributed by atoms with E-state index in [1.54, 1.807) is 19.1 Å². The second-order valence-corrected chi connectivity index (χ2v) is 2.37. The van der Waals surface area contributed by atoms with Gasteiger partial charge in [0.25, 0.3) is 0 Å². The zero-order valence-electron chi connectivity index (χ0n) is 6.75. The third kappa shape index (κ3) is 2.02. The van der Waals surface area contributed by atoms with Crippen molar-refractivity contribution in [3.63, 3.8) is 0 Å². The van der Waals surface area contributed by atoms with E-state index in [0.29, 0.717) is 5.56 Å². The third-order valence-corrected chi connectivity index (χ3v) is 1.43. The van der Waals surface area contributed by atoms with E-state index in [2.05, 4.69) is 0 Å². The molecule has 0 aliphatic rings. The van der Waals surface area contributed by atoms with Gasteiger partial charge in [-0.15, -0.1) is 0 Å². The Hall–Kier alpha value is -1.44. The first-order valence-corrected chi connectivity index (χ1v) is 3.66. The van der Waals surface area contributed by atoms with Crippen LogP contribution in [0.3, 0.4) is 0 Å². The molecule has 1 aromatic carbocycles. The molecule has 0 bridgehead atoms. The number of hydrogen-bond acceptors (Lipinski definition) is 1. The lowest BCUT2D eigenvalue weighted by Gasteiger charge is -1.94. The van der Waals surface area contributed by atoms with Crippen LogP contribution in [-0.4, -0.2) is 5.78 Å². The molecule has 2 heteroatoms. The van der Waals surface area contributed by atoms with E-state index >= 15 is 0 Å². The van der Waals surface area contributed by atoms with E-state index in [0.717, 1.165) is 0 Å². The smallest absolute Gasteiger partial charge is 0.185 e. The fraction of sp³-hybridized carbons (Fsp3) is 0.100. The molecule has 62 valence electrons. The van der Waals surface area contributed by atoms with Gasteiger partial charge in [0, 0.05) is 5.56 Å². The summed E-state index contributed by atoms with van der Waals surface area (Å²) in [6, 6.07) is 5.65. The molecule has 0 fully saturated rings. The van der Waals surface area contributed by atoms with Gasteiger partial charge in [0.2, 0.25) is 0 Å². The van der Waals surface area contributed by atoms with E-state index in [9.17, 15) is 9.18 Å². The van der Waals surface area contributed by atoms with Gasteiger partial charge in [-0.2, -0.15) is 0 Å². The van der Waals surface area contributed by atoms with Crippen LogP contribution in [0.1, 0.15) is 17.3 Å². The van der Waals surface area contributed by atoms with Gasteiger partial charge in [0.1, 0.15) is 5.82 Å². The molecular formula is C10H9FO. The molecule has 0 amide bonds. The normalized spacial score (nSPS) is 10.5. The maximum Gasteiger partial charge on any atom is 0.185 e. The standard InChI is InChI=1S/C10H9FO/c1-2-4-10(12)8-5-3-6-9(11)7-8/h2-7H,1H3/b4-2+. The number of allylic oxidation sites excluding steroid dienone is 2. The van der Waals surface area contributed by atoms with Crippen LogP contribution in [0.4, 0.5) is 4.39 Å². The number of benzene rings is 1. The van der Waals surface area contributed by atoms with E-state index in [1.807, 2.05) is 0 Å². The average Bonchev–Trinajstić information content (AvgIpc) is 2.05. The van der Waals surface area contributed by atoms with Crippen molar-refractivity contribution in [3.8, 4) is 0 Å². The first kappa shape index (κ1) is 8.65. The summed E-state index contributed by atoms with van der Waals surface area (Å²) in [4.78, 5) is 11.1. The highest BCUT2D eigenvalue weighted by Gasteiger charge is 2.00. The topological polar surface area (TPSA) is 17.1 Å². The number of rotatable bonds is 2. The Morgan fingerprint density at radius 3 is 2.83 bits per heavy atom. The van der Waals surface area contributed by atoms with Crippen LogP contribution in [0, 0.1) is 5.82 Å². The maximum atomic E-state index is 12.6. The van der Waals surface area contributed by atoms with Crippen LogP contribution in [0.25, 0.3) is 0 Å². The Morgan fingerprint density at radius 2 is 2.25 bits per heavy atom. The SMILES string of the molecule is C/C=C/C(=O)c1cccc(F)c1. The fourth-order valence-electron chi connectivity index (χ4n) is 0.889. The maximum absolute atomic E-state index is 12.6. The monoisotopic (exact) mass is 164 g/mol. The molecule has 1 nitrogen and oxygen atoms in total. The molecule has 1 rings (SSSR count). The van der Waals surface area contributed by atoms with Crippen LogP contribution in [-0.2, 0) is 0 Å². The minimum Gasteiger partial charge on any atom is -0.289 e. The molecule has 0 spiro atoms. The molecular weight excluding hydrogens is 155 g/mol. The Labute approximate surface area is 70.5 Å². The molecule has 0 N–H and O–H groups in total. The van der Waals surface area contributed by atoms with Gasteiger partial charge >= 0.3 is 0 Å². The highest BCUT2D eigenvalue weighted by molar-refractivity contribution is 6.04. The van der Waals surface area contributed by atoms with E-state index in [1.165, 1.54) is 24.3 Å². The fourth-order valence-corrected chi connectivity index (χ4v) is 0.889. The van der Waals surface area contributed by atoms with Crippen molar-refractivity contribution in [1.82, 2.24) is 0 Å². The molecule has 0 unspecified atom stereocenters. The lowest BCUT2D eigenvalue weighted by Crippen LogP contribution is -1.93. The molecule has 0 saturated carbocycles. The summed E-state index contributed by atoms with van der Waals surface area (Å²) in [7, 11) is 0. The zero-order chi connectivity index (χ0) is 8.97. The quantitative estimate of drug-likeness (QED) is 0.485. The van der Waals surface area contributed by atoms with Gasteiger partial charge in [-0.25, -0.2) is 4.39 Å². The summed E-state index contributed by atoms with van der Waals surface area (Å²) < 4.78 is 12.6. The van der Waals surface area contributed by atoms with Gasteiger partial charge in [-0.1, -0.05) is 18.2 Å². The molecule has 0 aliphatic carbocycles. The van der Waals surface area contributed by atoms with Crippen molar-refractivity contribution >= 4 is 5.78 Å². The van der Waals surface area contributed by atoms with Crippen molar-refractivity contribution in [2.24, 2.45) is 0 Å². The summed E-state index contributed by atoms with van der Waals surface area (Å²) in [6.07, 6.45) is 3.04. The molecule has 0 heterocycles. The molecule has 1 aromatic rings. The number of ketones is 1. The average molecular weight is 164 g/mol. The summed E-state index contributed by atoms with van der Waals surface area (Å²) >= 11 is 0. The predicted octanol–water partition coefficient (Wildman–Crippen LogP) is 2.58. The van der Waals surface area contributed by atoms with Gasteiger partial charge in [0.05, 0.1) is 0 Å². The van der Waals surface area contributed by atoms with Crippen LogP contribution < -0.4 is 0 Å². The lowest BCUT2D eigenvalue weighted by molar-refractivity contribution is 0.104. The summed E-state index contributed by atoms with van der Waals surface area (Å²) in [5.74, 6) is -0.553. The number of hydrogen-bond donors (Lipinski definition) is 0. The first-order chi connectivity index (χ1) is 5.74. The molecule has 0 atom stereocenters.